The van der Waals surface area contributed by atoms with E-state index in [-0.39, 0.29) is 11.8 Å². The number of benzene rings is 2. The molecular formula is C16H17NO. The van der Waals surface area contributed by atoms with Crippen LogP contribution in [0.25, 0.3) is 0 Å². The van der Waals surface area contributed by atoms with Gasteiger partial charge in [0.25, 0.3) is 0 Å². The molecule has 0 saturated carbocycles. The van der Waals surface area contributed by atoms with Crippen molar-refractivity contribution in [3.05, 3.63) is 71.3 Å². The molecule has 0 heterocycles. The van der Waals surface area contributed by atoms with E-state index in [1.807, 2.05) is 61.5 Å². The molecule has 0 aliphatic rings. The lowest BCUT2D eigenvalue weighted by molar-refractivity contribution is -0.121. The van der Waals surface area contributed by atoms with Crippen LogP contribution in [0.15, 0.2) is 54.6 Å². The fraction of sp³-hybridized carbons (Fsp3) is 0.188. The Labute approximate surface area is 108 Å². The molecule has 0 aliphatic heterocycles. The summed E-state index contributed by atoms with van der Waals surface area (Å²) in [5.74, 6) is -0.221. The van der Waals surface area contributed by atoms with Crippen LogP contribution in [0.2, 0.25) is 0 Å². The minimum absolute atomic E-state index is 0.0186. The van der Waals surface area contributed by atoms with Crippen LogP contribution in [0.4, 0.5) is 0 Å². The number of likely N-dealkylation sites (N-methyl/N-ethyl adjacent to an activating group) is 1. The minimum Gasteiger partial charge on any atom is -0.358 e. The zero-order chi connectivity index (χ0) is 13.0. The van der Waals surface area contributed by atoms with Gasteiger partial charge in [0.05, 0.1) is 5.92 Å². The first kappa shape index (κ1) is 12.4. The van der Waals surface area contributed by atoms with Crippen molar-refractivity contribution in [1.82, 2.24) is 5.32 Å². The zero-order valence-corrected chi connectivity index (χ0v) is 10.7. The highest BCUT2D eigenvalue weighted by Gasteiger charge is 2.20. The van der Waals surface area contributed by atoms with E-state index in [4.69, 9.17) is 0 Å². The number of aryl methyl sites for hydroxylation is 1. The molecule has 1 amide bonds. The van der Waals surface area contributed by atoms with E-state index in [9.17, 15) is 4.79 Å². The van der Waals surface area contributed by atoms with Crippen molar-refractivity contribution in [2.45, 2.75) is 12.8 Å². The predicted molar refractivity (Wildman–Crippen MR) is 73.5 cm³/mol. The fourth-order valence-electron chi connectivity index (χ4n) is 2.04. The number of carbonyl (C=O) groups is 1. The summed E-state index contributed by atoms with van der Waals surface area (Å²) in [6.07, 6.45) is 0. The summed E-state index contributed by atoms with van der Waals surface area (Å²) in [6.45, 7) is 2.04. The smallest absolute Gasteiger partial charge is 0.231 e. The van der Waals surface area contributed by atoms with Crippen LogP contribution >= 0.6 is 0 Å². The third kappa shape index (κ3) is 2.59. The Balaban J connectivity index is 2.43. The molecule has 0 spiro atoms. The van der Waals surface area contributed by atoms with E-state index in [0.29, 0.717) is 0 Å². The summed E-state index contributed by atoms with van der Waals surface area (Å²) in [6, 6.07) is 17.9. The molecule has 0 saturated heterocycles. The summed E-state index contributed by atoms with van der Waals surface area (Å²) in [7, 11) is 1.67. The van der Waals surface area contributed by atoms with Crippen LogP contribution in [0.5, 0.6) is 0 Å². The number of rotatable bonds is 3. The largest absolute Gasteiger partial charge is 0.358 e. The standard InChI is InChI=1S/C16H17NO/c1-12-8-10-14(11-9-12)15(16(18)17-2)13-6-4-3-5-7-13/h3-11,15H,1-2H3,(H,17,18). The summed E-state index contributed by atoms with van der Waals surface area (Å²) < 4.78 is 0. The van der Waals surface area contributed by atoms with Gasteiger partial charge in [0.1, 0.15) is 0 Å². The van der Waals surface area contributed by atoms with E-state index in [1.165, 1.54) is 5.56 Å². The molecule has 2 aromatic carbocycles. The predicted octanol–water partition coefficient (Wildman–Crippen LogP) is 2.87. The average Bonchev–Trinajstić information content (AvgIpc) is 2.42. The fourth-order valence-corrected chi connectivity index (χ4v) is 2.04. The van der Waals surface area contributed by atoms with Gasteiger partial charge in [-0.05, 0) is 18.1 Å². The molecular weight excluding hydrogens is 222 g/mol. The second-order valence-electron chi connectivity index (χ2n) is 4.37. The zero-order valence-electron chi connectivity index (χ0n) is 10.7. The van der Waals surface area contributed by atoms with Crippen LogP contribution in [0, 0.1) is 6.92 Å². The number of hydrogen-bond acceptors (Lipinski definition) is 1. The highest BCUT2D eigenvalue weighted by atomic mass is 16.1. The maximum Gasteiger partial charge on any atom is 0.231 e. The molecule has 0 bridgehead atoms. The molecule has 2 nitrogen and oxygen atoms in total. The van der Waals surface area contributed by atoms with E-state index in [0.717, 1.165) is 11.1 Å². The normalized spacial score (nSPS) is 11.9. The van der Waals surface area contributed by atoms with Crippen molar-refractivity contribution < 1.29 is 4.79 Å². The van der Waals surface area contributed by atoms with Gasteiger partial charge in [-0.1, -0.05) is 60.2 Å². The van der Waals surface area contributed by atoms with Crippen LogP contribution in [-0.4, -0.2) is 13.0 Å². The number of carbonyl (C=O) groups excluding carboxylic acids is 1. The van der Waals surface area contributed by atoms with E-state index >= 15 is 0 Å². The summed E-state index contributed by atoms with van der Waals surface area (Å²) in [5.41, 5.74) is 3.23. The second-order valence-corrected chi connectivity index (χ2v) is 4.37. The Kier molecular flexibility index (Phi) is 3.78. The molecule has 92 valence electrons. The molecule has 18 heavy (non-hydrogen) atoms. The quantitative estimate of drug-likeness (QED) is 0.876. The van der Waals surface area contributed by atoms with Crippen LogP contribution in [0.1, 0.15) is 22.6 Å². The van der Waals surface area contributed by atoms with Crippen molar-refractivity contribution in [2.75, 3.05) is 7.05 Å². The molecule has 1 atom stereocenters. The van der Waals surface area contributed by atoms with Crippen molar-refractivity contribution in [3.63, 3.8) is 0 Å². The number of nitrogens with one attached hydrogen (secondary N) is 1. The van der Waals surface area contributed by atoms with Gasteiger partial charge in [-0.15, -0.1) is 0 Å². The highest BCUT2D eigenvalue weighted by molar-refractivity contribution is 5.86. The Morgan fingerprint density at radius 1 is 0.944 bits per heavy atom. The molecule has 2 aromatic rings. The Morgan fingerprint density at radius 3 is 2.06 bits per heavy atom. The van der Waals surface area contributed by atoms with Crippen LogP contribution in [-0.2, 0) is 4.79 Å². The third-order valence-corrected chi connectivity index (χ3v) is 3.05. The monoisotopic (exact) mass is 239 g/mol. The maximum absolute atomic E-state index is 12.1. The van der Waals surface area contributed by atoms with Gasteiger partial charge in [0.2, 0.25) is 5.91 Å². The maximum atomic E-state index is 12.1. The van der Waals surface area contributed by atoms with Crippen molar-refractivity contribution >= 4 is 5.91 Å². The second kappa shape index (κ2) is 5.50. The number of amides is 1. The highest BCUT2D eigenvalue weighted by Crippen LogP contribution is 2.24. The lowest BCUT2D eigenvalue weighted by Gasteiger charge is -2.16. The Bertz CT molecular complexity index is 517. The first-order chi connectivity index (χ1) is 8.72. The molecule has 2 rings (SSSR count). The molecule has 1 unspecified atom stereocenters. The van der Waals surface area contributed by atoms with Crippen molar-refractivity contribution in [1.29, 1.82) is 0 Å². The van der Waals surface area contributed by atoms with E-state index < -0.39 is 0 Å². The summed E-state index contributed by atoms with van der Waals surface area (Å²) >= 11 is 0. The molecule has 0 aliphatic carbocycles. The minimum atomic E-state index is -0.239. The molecule has 2 heteroatoms. The average molecular weight is 239 g/mol. The van der Waals surface area contributed by atoms with Gasteiger partial charge in [-0.25, -0.2) is 0 Å². The van der Waals surface area contributed by atoms with Gasteiger partial charge >= 0.3 is 0 Å². The van der Waals surface area contributed by atoms with Crippen LogP contribution in [0.3, 0.4) is 0 Å². The van der Waals surface area contributed by atoms with Gasteiger partial charge in [-0.3, -0.25) is 4.79 Å². The molecule has 0 fully saturated rings. The third-order valence-electron chi connectivity index (χ3n) is 3.05. The SMILES string of the molecule is CNC(=O)C(c1ccccc1)c1ccc(C)cc1. The van der Waals surface area contributed by atoms with E-state index in [2.05, 4.69) is 5.32 Å². The molecule has 0 aromatic heterocycles. The topological polar surface area (TPSA) is 29.1 Å². The van der Waals surface area contributed by atoms with Crippen LogP contribution < -0.4 is 5.32 Å². The lowest BCUT2D eigenvalue weighted by Crippen LogP contribution is -2.26. The van der Waals surface area contributed by atoms with Crippen molar-refractivity contribution in [3.8, 4) is 0 Å². The lowest BCUT2D eigenvalue weighted by atomic mass is 9.90. The van der Waals surface area contributed by atoms with Crippen molar-refractivity contribution in [2.24, 2.45) is 0 Å². The first-order valence-electron chi connectivity index (χ1n) is 6.05. The molecule has 0 radical (unpaired) electrons. The Hall–Kier alpha value is -2.09. The summed E-state index contributed by atoms with van der Waals surface area (Å²) in [4.78, 5) is 12.1. The van der Waals surface area contributed by atoms with Gasteiger partial charge in [-0.2, -0.15) is 0 Å². The van der Waals surface area contributed by atoms with Gasteiger partial charge in [0.15, 0.2) is 0 Å². The van der Waals surface area contributed by atoms with Gasteiger partial charge in [0, 0.05) is 7.05 Å². The van der Waals surface area contributed by atoms with Gasteiger partial charge < -0.3 is 5.32 Å². The Morgan fingerprint density at radius 2 is 1.50 bits per heavy atom. The first-order valence-corrected chi connectivity index (χ1v) is 6.05. The van der Waals surface area contributed by atoms with E-state index in [1.54, 1.807) is 7.05 Å². The number of hydrogen-bond donors (Lipinski definition) is 1. The summed E-state index contributed by atoms with van der Waals surface area (Å²) in [5, 5.41) is 2.74. The molecule has 1 N–H and O–H groups in total.